The molecule has 1 atom stereocenters. The number of anilines is 1. The van der Waals surface area contributed by atoms with E-state index >= 15 is 0 Å². The van der Waals surface area contributed by atoms with Gasteiger partial charge in [-0.3, -0.25) is 0 Å². The van der Waals surface area contributed by atoms with Crippen molar-refractivity contribution in [2.45, 2.75) is 19.1 Å². The molecule has 0 saturated carbocycles. The summed E-state index contributed by atoms with van der Waals surface area (Å²) in [6.45, 7) is 1.78. The fraction of sp³-hybridized carbons (Fsp3) is 0.300. The van der Waals surface area contributed by atoms with Crippen LogP contribution in [0.4, 0.5) is 19.1 Å². The van der Waals surface area contributed by atoms with Crippen LogP contribution in [-0.2, 0) is 6.18 Å². The van der Waals surface area contributed by atoms with Crippen molar-refractivity contribution in [3.05, 3.63) is 34.5 Å². The Balaban J connectivity index is 2.15. The monoisotopic (exact) mass is 274 g/mol. The number of hydrogen-bond acceptors (Lipinski definition) is 5. The van der Waals surface area contributed by atoms with Gasteiger partial charge in [0.05, 0.1) is 6.04 Å². The number of thiazole rings is 1. The van der Waals surface area contributed by atoms with E-state index in [4.69, 9.17) is 0 Å². The third-order valence-electron chi connectivity index (χ3n) is 2.11. The topological polar surface area (TPSA) is 50.7 Å². The first-order valence-electron chi connectivity index (χ1n) is 5.03. The molecule has 0 aliphatic carbocycles. The molecule has 0 aliphatic heterocycles. The second-order valence-electron chi connectivity index (χ2n) is 3.50. The van der Waals surface area contributed by atoms with E-state index in [-0.39, 0.29) is 12.0 Å². The van der Waals surface area contributed by atoms with Crippen LogP contribution in [0.5, 0.6) is 0 Å². The molecule has 4 nitrogen and oxygen atoms in total. The van der Waals surface area contributed by atoms with Crippen molar-refractivity contribution < 1.29 is 13.2 Å². The van der Waals surface area contributed by atoms with Crippen LogP contribution >= 0.6 is 11.3 Å². The van der Waals surface area contributed by atoms with Crippen LogP contribution in [0.1, 0.15) is 23.7 Å². The maximum absolute atomic E-state index is 12.5. The number of aromatic nitrogens is 3. The van der Waals surface area contributed by atoms with Crippen LogP contribution in [0.2, 0.25) is 0 Å². The Morgan fingerprint density at radius 3 is 2.67 bits per heavy atom. The summed E-state index contributed by atoms with van der Waals surface area (Å²) in [4.78, 5) is 11.2. The summed E-state index contributed by atoms with van der Waals surface area (Å²) in [7, 11) is 0. The van der Waals surface area contributed by atoms with Crippen molar-refractivity contribution in [3.8, 4) is 0 Å². The highest BCUT2D eigenvalue weighted by molar-refractivity contribution is 7.09. The Hall–Kier alpha value is -1.70. The Bertz CT molecular complexity index is 512. The van der Waals surface area contributed by atoms with E-state index < -0.39 is 11.9 Å². The van der Waals surface area contributed by atoms with Crippen molar-refractivity contribution in [2.75, 3.05) is 5.32 Å². The van der Waals surface area contributed by atoms with Crippen LogP contribution in [0.15, 0.2) is 23.8 Å². The fourth-order valence-electron chi connectivity index (χ4n) is 1.29. The molecule has 0 saturated heterocycles. The molecule has 2 aromatic heterocycles. The lowest BCUT2D eigenvalue weighted by Crippen LogP contribution is -2.13. The largest absolute Gasteiger partial charge is 0.433 e. The first kappa shape index (κ1) is 12.7. The summed E-state index contributed by atoms with van der Waals surface area (Å²) < 4.78 is 37.4. The van der Waals surface area contributed by atoms with Gasteiger partial charge in [-0.2, -0.15) is 13.2 Å². The molecule has 0 aliphatic rings. The van der Waals surface area contributed by atoms with Crippen molar-refractivity contribution in [2.24, 2.45) is 0 Å². The van der Waals surface area contributed by atoms with E-state index in [0.29, 0.717) is 0 Å². The second-order valence-corrected chi connectivity index (χ2v) is 4.43. The van der Waals surface area contributed by atoms with Gasteiger partial charge in [-0.25, -0.2) is 15.0 Å². The van der Waals surface area contributed by atoms with Gasteiger partial charge in [-0.15, -0.1) is 11.3 Å². The molecular weight excluding hydrogens is 265 g/mol. The molecule has 0 aromatic carbocycles. The van der Waals surface area contributed by atoms with Gasteiger partial charge < -0.3 is 5.32 Å². The van der Waals surface area contributed by atoms with E-state index in [1.807, 2.05) is 0 Å². The smallest absolute Gasteiger partial charge is 0.345 e. The first-order chi connectivity index (χ1) is 8.47. The minimum Gasteiger partial charge on any atom is -0.345 e. The Morgan fingerprint density at radius 1 is 1.28 bits per heavy atom. The predicted octanol–water partition coefficient (Wildman–Crippen LogP) is 3.13. The summed E-state index contributed by atoms with van der Waals surface area (Å²) in [6, 6.07) is 0.590. The third kappa shape index (κ3) is 2.95. The van der Waals surface area contributed by atoms with E-state index in [2.05, 4.69) is 20.3 Å². The SMILES string of the molecule is CC(Nc1nccc(C(F)(F)F)n1)c1nccs1. The van der Waals surface area contributed by atoms with Gasteiger partial charge in [-0.1, -0.05) is 0 Å². The fourth-order valence-corrected chi connectivity index (χ4v) is 1.94. The number of rotatable bonds is 3. The molecule has 18 heavy (non-hydrogen) atoms. The molecule has 2 rings (SSSR count). The van der Waals surface area contributed by atoms with Gasteiger partial charge in [0, 0.05) is 17.8 Å². The van der Waals surface area contributed by atoms with Gasteiger partial charge >= 0.3 is 6.18 Å². The van der Waals surface area contributed by atoms with Crippen LogP contribution in [-0.4, -0.2) is 15.0 Å². The Morgan fingerprint density at radius 2 is 2.06 bits per heavy atom. The number of hydrogen-bond donors (Lipinski definition) is 1. The Kier molecular flexibility index (Phi) is 3.46. The van der Waals surface area contributed by atoms with E-state index in [1.165, 1.54) is 11.3 Å². The molecule has 1 N–H and O–H groups in total. The van der Waals surface area contributed by atoms with Crippen LogP contribution in [0, 0.1) is 0 Å². The molecule has 0 fully saturated rings. The Labute approximate surface area is 105 Å². The van der Waals surface area contributed by atoms with E-state index in [1.54, 1.807) is 18.5 Å². The molecule has 1 unspecified atom stereocenters. The second kappa shape index (κ2) is 4.89. The summed E-state index contributed by atoms with van der Waals surface area (Å²) in [5, 5.41) is 5.33. The molecular formula is C10H9F3N4S. The zero-order valence-corrected chi connectivity index (χ0v) is 10.1. The van der Waals surface area contributed by atoms with Crippen LogP contribution < -0.4 is 5.32 Å². The van der Waals surface area contributed by atoms with Crippen molar-refractivity contribution in [1.82, 2.24) is 15.0 Å². The van der Waals surface area contributed by atoms with E-state index in [9.17, 15) is 13.2 Å². The minimum atomic E-state index is -4.47. The highest BCUT2D eigenvalue weighted by Gasteiger charge is 2.32. The molecule has 0 bridgehead atoms. The lowest BCUT2D eigenvalue weighted by atomic mass is 10.3. The third-order valence-corrected chi connectivity index (χ3v) is 3.07. The van der Waals surface area contributed by atoms with Gasteiger partial charge in [-0.05, 0) is 13.0 Å². The molecule has 96 valence electrons. The molecule has 2 aromatic rings. The molecule has 0 radical (unpaired) electrons. The van der Waals surface area contributed by atoms with Crippen LogP contribution in [0.25, 0.3) is 0 Å². The molecule has 8 heteroatoms. The summed E-state index contributed by atoms with van der Waals surface area (Å²) in [5.74, 6) is -0.0625. The zero-order chi connectivity index (χ0) is 13.2. The number of nitrogens with zero attached hydrogens (tertiary/aromatic N) is 3. The normalized spacial score (nSPS) is 13.3. The van der Waals surface area contributed by atoms with Gasteiger partial charge in [0.2, 0.25) is 5.95 Å². The van der Waals surface area contributed by atoms with Crippen molar-refractivity contribution >= 4 is 17.3 Å². The first-order valence-corrected chi connectivity index (χ1v) is 5.91. The van der Waals surface area contributed by atoms with Crippen molar-refractivity contribution in [3.63, 3.8) is 0 Å². The predicted molar refractivity (Wildman–Crippen MR) is 61.2 cm³/mol. The quantitative estimate of drug-likeness (QED) is 0.934. The maximum Gasteiger partial charge on any atom is 0.433 e. The van der Waals surface area contributed by atoms with Gasteiger partial charge in [0.15, 0.2) is 0 Å². The van der Waals surface area contributed by atoms with Crippen LogP contribution in [0.3, 0.4) is 0 Å². The summed E-state index contributed by atoms with van der Waals surface area (Å²) in [5.41, 5.74) is -0.966. The molecule has 0 amide bonds. The van der Waals surface area contributed by atoms with Gasteiger partial charge in [0.1, 0.15) is 10.7 Å². The number of alkyl halides is 3. The number of halogens is 3. The standard InChI is InChI=1S/C10H9F3N4S/c1-6(8-14-4-5-18-8)16-9-15-3-2-7(17-9)10(11,12)13/h2-6H,1H3,(H,15,16,17). The highest BCUT2D eigenvalue weighted by Crippen LogP contribution is 2.28. The maximum atomic E-state index is 12.5. The highest BCUT2D eigenvalue weighted by atomic mass is 32.1. The minimum absolute atomic E-state index is 0.0625. The van der Waals surface area contributed by atoms with Gasteiger partial charge in [0.25, 0.3) is 0 Å². The van der Waals surface area contributed by atoms with E-state index in [0.717, 1.165) is 17.3 Å². The summed E-state index contributed by atoms with van der Waals surface area (Å²) >= 11 is 1.41. The number of nitrogens with one attached hydrogen (secondary N) is 1. The average molecular weight is 274 g/mol. The molecule has 0 spiro atoms. The summed E-state index contributed by atoms with van der Waals surface area (Å²) in [6.07, 6.45) is -1.76. The average Bonchev–Trinajstić information content (AvgIpc) is 2.81. The lowest BCUT2D eigenvalue weighted by molar-refractivity contribution is -0.141. The van der Waals surface area contributed by atoms with Crippen molar-refractivity contribution in [1.29, 1.82) is 0 Å². The molecule has 2 heterocycles. The zero-order valence-electron chi connectivity index (χ0n) is 9.27. The lowest BCUT2D eigenvalue weighted by Gasteiger charge is -2.12.